The van der Waals surface area contributed by atoms with Crippen molar-refractivity contribution in [1.29, 1.82) is 0 Å². The van der Waals surface area contributed by atoms with E-state index in [4.69, 9.17) is 0 Å². The molecule has 2 bridgehead atoms. The summed E-state index contributed by atoms with van der Waals surface area (Å²) in [7, 11) is 2.31. The van der Waals surface area contributed by atoms with Gasteiger partial charge >= 0.3 is 0 Å². The number of benzene rings is 1. The average molecular weight is 286 g/mol. The highest BCUT2D eigenvalue weighted by Gasteiger charge is 2.37. The second kappa shape index (κ2) is 5.29. The maximum Gasteiger partial charge on any atom is 0.119 e. The molecule has 0 radical (unpaired) electrons. The summed E-state index contributed by atoms with van der Waals surface area (Å²) in [5.41, 5.74) is 2.50. The third-order valence-corrected chi connectivity index (χ3v) is 6.02. The topological polar surface area (TPSA) is 35.5 Å². The molecule has 0 spiro atoms. The molecule has 3 nitrogen and oxygen atoms in total. The summed E-state index contributed by atoms with van der Waals surface area (Å²) in [4.78, 5) is 2.62. The minimum absolute atomic E-state index is 0.446. The van der Waals surface area contributed by atoms with E-state index in [1.165, 1.54) is 43.2 Å². The lowest BCUT2D eigenvalue weighted by Crippen LogP contribution is -2.54. The highest BCUT2D eigenvalue weighted by Crippen LogP contribution is 2.39. The van der Waals surface area contributed by atoms with Crippen molar-refractivity contribution in [3.05, 3.63) is 29.3 Å². The third kappa shape index (κ3) is 2.36. The van der Waals surface area contributed by atoms with Crippen molar-refractivity contribution in [2.45, 2.75) is 69.1 Å². The van der Waals surface area contributed by atoms with Crippen LogP contribution in [0.5, 0.6) is 5.75 Å². The van der Waals surface area contributed by atoms with Crippen LogP contribution >= 0.6 is 0 Å². The van der Waals surface area contributed by atoms with Gasteiger partial charge in [0.1, 0.15) is 5.75 Å². The molecule has 0 aromatic heterocycles. The molecular weight excluding hydrogens is 260 g/mol. The number of aromatic hydroxyl groups is 1. The van der Waals surface area contributed by atoms with E-state index in [0.29, 0.717) is 17.8 Å². The van der Waals surface area contributed by atoms with Crippen molar-refractivity contribution in [3.8, 4) is 5.75 Å². The van der Waals surface area contributed by atoms with E-state index in [1.54, 1.807) is 0 Å². The first-order chi connectivity index (χ1) is 10.2. The molecule has 1 aromatic carbocycles. The fourth-order valence-corrected chi connectivity index (χ4v) is 4.84. The van der Waals surface area contributed by atoms with Crippen LogP contribution in [0.3, 0.4) is 0 Å². The van der Waals surface area contributed by atoms with Gasteiger partial charge in [-0.2, -0.15) is 0 Å². The van der Waals surface area contributed by atoms with E-state index >= 15 is 0 Å². The Labute approximate surface area is 127 Å². The van der Waals surface area contributed by atoms with Gasteiger partial charge in [0.15, 0.2) is 0 Å². The number of phenolic OH excluding ortho intramolecular Hbond substituents is 1. The molecule has 0 saturated carbocycles. The molecule has 3 heteroatoms. The molecule has 1 aliphatic carbocycles. The summed E-state index contributed by atoms with van der Waals surface area (Å²) in [5.74, 6) is 0.483. The van der Waals surface area contributed by atoms with Gasteiger partial charge in [-0.05, 0) is 62.8 Å². The molecule has 2 heterocycles. The van der Waals surface area contributed by atoms with Crippen LogP contribution in [0.25, 0.3) is 0 Å². The summed E-state index contributed by atoms with van der Waals surface area (Å²) in [6, 6.07) is 8.64. The molecule has 3 atom stereocenters. The molecule has 3 unspecified atom stereocenters. The minimum atomic E-state index is 0.446. The normalized spacial score (nSPS) is 35.7. The maximum absolute atomic E-state index is 9.99. The Balaban J connectivity index is 1.48. The zero-order chi connectivity index (χ0) is 14.4. The predicted octanol–water partition coefficient (Wildman–Crippen LogP) is 2.98. The van der Waals surface area contributed by atoms with E-state index in [2.05, 4.69) is 23.3 Å². The molecule has 2 N–H and O–H groups in total. The Bertz CT molecular complexity index is 516. The first-order valence-corrected chi connectivity index (χ1v) is 8.51. The van der Waals surface area contributed by atoms with Gasteiger partial charge in [0, 0.05) is 24.2 Å². The van der Waals surface area contributed by atoms with Crippen molar-refractivity contribution in [2.24, 2.45) is 0 Å². The van der Waals surface area contributed by atoms with E-state index in [9.17, 15) is 5.11 Å². The number of nitrogens with one attached hydrogen (secondary N) is 1. The number of nitrogens with zero attached hydrogens (tertiary/aromatic N) is 1. The van der Waals surface area contributed by atoms with Crippen molar-refractivity contribution >= 4 is 0 Å². The number of rotatable bonds is 2. The molecule has 3 aliphatic rings. The summed E-state index contributed by atoms with van der Waals surface area (Å²) in [6.07, 6.45) is 8.87. The monoisotopic (exact) mass is 286 g/mol. The zero-order valence-corrected chi connectivity index (χ0v) is 12.9. The van der Waals surface area contributed by atoms with Crippen LogP contribution in [-0.4, -0.2) is 35.2 Å². The van der Waals surface area contributed by atoms with Crippen LogP contribution in [-0.2, 0) is 6.42 Å². The van der Waals surface area contributed by atoms with Crippen molar-refractivity contribution in [3.63, 3.8) is 0 Å². The highest BCUT2D eigenvalue weighted by atomic mass is 16.3. The van der Waals surface area contributed by atoms with Gasteiger partial charge in [-0.1, -0.05) is 18.6 Å². The number of phenols is 1. The number of hydrogen-bond acceptors (Lipinski definition) is 3. The predicted molar refractivity (Wildman–Crippen MR) is 84.5 cm³/mol. The lowest BCUT2D eigenvalue weighted by atomic mass is 9.82. The molecule has 114 valence electrons. The van der Waals surface area contributed by atoms with Gasteiger partial charge < -0.3 is 15.3 Å². The van der Waals surface area contributed by atoms with E-state index in [0.717, 1.165) is 24.9 Å². The molecule has 2 aliphatic heterocycles. The van der Waals surface area contributed by atoms with Crippen LogP contribution in [0.4, 0.5) is 0 Å². The number of hydrogen-bond donors (Lipinski definition) is 2. The van der Waals surface area contributed by atoms with Crippen molar-refractivity contribution < 1.29 is 5.11 Å². The molecule has 2 saturated heterocycles. The molecule has 1 aromatic rings. The SMILES string of the molecule is CN1C2CCCC1CC(NC1CCc3c(O)cccc31)C2. The Morgan fingerprint density at radius 3 is 2.67 bits per heavy atom. The minimum Gasteiger partial charge on any atom is -0.508 e. The van der Waals surface area contributed by atoms with Crippen LogP contribution < -0.4 is 5.32 Å². The Morgan fingerprint density at radius 2 is 1.90 bits per heavy atom. The van der Waals surface area contributed by atoms with Crippen LogP contribution in [0.15, 0.2) is 18.2 Å². The van der Waals surface area contributed by atoms with Crippen LogP contribution in [0.2, 0.25) is 0 Å². The van der Waals surface area contributed by atoms with Gasteiger partial charge in [0.05, 0.1) is 0 Å². The van der Waals surface area contributed by atoms with Gasteiger partial charge in [-0.25, -0.2) is 0 Å². The smallest absolute Gasteiger partial charge is 0.119 e. The van der Waals surface area contributed by atoms with Crippen molar-refractivity contribution in [1.82, 2.24) is 10.2 Å². The summed E-state index contributed by atoms with van der Waals surface area (Å²) in [5, 5.41) is 13.9. The zero-order valence-electron chi connectivity index (χ0n) is 12.9. The Kier molecular flexibility index (Phi) is 3.43. The van der Waals surface area contributed by atoms with E-state index in [1.807, 2.05) is 12.1 Å². The molecule has 0 amide bonds. The fourth-order valence-electron chi connectivity index (χ4n) is 4.84. The quantitative estimate of drug-likeness (QED) is 0.877. The number of piperidine rings is 2. The van der Waals surface area contributed by atoms with E-state index in [-0.39, 0.29) is 0 Å². The van der Waals surface area contributed by atoms with Crippen LogP contribution in [0, 0.1) is 0 Å². The van der Waals surface area contributed by atoms with Gasteiger partial charge in [0.25, 0.3) is 0 Å². The lowest BCUT2D eigenvalue weighted by Gasteiger charge is -2.47. The summed E-state index contributed by atoms with van der Waals surface area (Å²) >= 11 is 0. The summed E-state index contributed by atoms with van der Waals surface area (Å²) in [6.45, 7) is 0. The molecule has 2 fully saturated rings. The Morgan fingerprint density at radius 1 is 1.14 bits per heavy atom. The maximum atomic E-state index is 9.99. The largest absolute Gasteiger partial charge is 0.508 e. The second-order valence-electron chi connectivity index (χ2n) is 7.18. The summed E-state index contributed by atoms with van der Waals surface area (Å²) < 4.78 is 0. The van der Waals surface area contributed by atoms with Crippen LogP contribution in [0.1, 0.15) is 55.7 Å². The molecule has 4 rings (SSSR count). The Hall–Kier alpha value is -1.06. The first kappa shape index (κ1) is 13.6. The highest BCUT2D eigenvalue weighted by molar-refractivity contribution is 5.44. The second-order valence-corrected chi connectivity index (χ2v) is 7.18. The first-order valence-electron chi connectivity index (χ1n) is 8.51. The van der Waals surface area contributed by atoms with Gasteiger partial charge in [-0.15, -0.1) is 0 Å². The molecular formula is C18H26N2O. The standard InChI is InChI=1S/C18H26N2O/c1-20-13-4-2-5-14(20)11-12(10-13)19-17-9-8-16-15(17)6-3-7-18(16)21/h3,6-7,12-14,17,19,21H,2,4-5,8-11H2,1H3. The van der Waals surface area contributed by atoms with E-state index < -0.39 is 0 Å². The third-order valence-electron chi connectivity index (χ3n) is 6.02. The fraction of sp³-hybridized carbons (Fsp3) is 0.667. The number of fused-ring (bicyclic) bond motifs is 3. The molecule has 21 heavy (non-hydrogen) atoms. The van der Waals surface area contributed by atoms with Gasteiger partial charge in [0.2, 0.25) is 0 Å². The van der Waals surface area contributed by atoms with Crippen molar-refractivity contribution in [2.75, 3.05) is 7.05 Å². The van der Waals surface area contributed by atoms with Gasteiger partial charge in [-0.3, -0.25) is 0 Å². The lowest BCUT2D eigenvalue weighted by molar-refractivity contribution is 0.0458. The average Bonchev–Trinajstić information content (AvgIpc) is 2.85.